The minimum atomic E-state index is 0.912. The predicted molar refractivity (Wildman–Crippen MR) is 152 cm³/mol. The molecule has 0 radical (unpaired) electrons. The molecule has 4 nitrogen and oxygen atoms in total. The zero-order valence-electron chi connectivity index (χ0n) is 19.7. The van der Waals surface area contributed by atoms with Crippen LogP contribution in [0.5, 0.6) is 0 Å². The van der Waals surface area contributed by atoms with Crippen LogP contribution in [0.3, 0.4) is 0 Å². The average Bonchev–Trinajstić information content (AvgIpc) is 3.66. The first-order valence-electron chi connectivity index (χ1n) is 12.5. The van der Waals surface area contributed by atoms with Crippen molar-refractivity contribution in [3.8, 4) is 5.69 Å². The summed E-state index contributed by atoms with van der Waals surface area (Å²) >= 11 is 0. The molecule has 5 aromatic carbocycles. The van der Waals surface area contributed by atoms with Gasteiger partial charge in [-0.25, -0.2) is 4.98 Å². The van der Waals surface area contributed by atoms with E-state index in [0.29, 0.717) is 0 Å². The van der Waals surface area contributed by atoms with E-state index in [4.69, 9.17) is 9.40 Å². The fourth-order valence-corrected chi connectivity index (χ4v) is 6.24. The number of rotatable bonds is 1. The molecular weight excluding hydrogens is 454 g/mol. The third-order valence-electron chi connectivity index (χ3n) is 7.76. The zero-order valence-corrected chi connectivity index (χ0v) is 19.7. The van der Waals surface area contributed by atoms with Crippen molar-refractivity contribution in [3.63, 3.8) is 0 Å². The summed E-state index contributed by atoms with van der Waals surface area (Å²) in [6.07, 6.45) is 3.94. The summed E-state index contributed by atoms with van der Waals surface area (Å²) in [6.45, 7) is 0. The molecule has 0 N–H and O–H groups in total. The van der Waals surface area contributed by atoms with Crippen LogP contribution >= 0.6 is 0 Å². The van der Waals surface area contributed by atoms with Gasteiger partial charge in [0.05, 0.1) is 16.6 Å². The van der Waals surface area contributed by atoms with Crippen molar-refractivity contribution in [2.45, 2.75) is 0 Å². The van der Waals surface area contributed by atoms with Crippen LogP contribution in [-0.4, -0.2) is 14.0 Å². The Morgan fingerprint density at radius 2 is 1.35 bits per heavy atom. The van der Waals surface area contributed by atoms with Gasteiger partial charge >= 0.3 is 0 Å². The number of furan rings is 1. The zero-order chi connectivity index (χ0) is 24.1. The van der Waals surface area contributed by atoms with Gasteiger partial charge in [-0.2, -0.15) is 0 Å². The van der Waals surface area contributed by atoms with E-state index in [1.165, 1.54) is 32.4 Å². The van der Waals surface area contributed by atoms with Gasteiger partial charge in [0.15, 0.2) is 0 Å². The number of fused-ring (bicyclic) bond motifs is 13. The van der Waals surface area contributed by atoms with Gasteiger partial charge < -0.3 is 8.98 Å². The average molecular weight is 474 g/mol. The van der Waals surface area contributed by atoms with E-state index in [1.54, 1.807) is 0 Å². The molecule has 0 unspecified atom stereocenters. The topological polar surface area (TPSA) is 35.4 Å². The molecule has 4 aromatic heterocycles. The summed E-state index contributed by atoms with van der Waals surface area (Å²) in [5.41, 5.74) is 7.41. The molecule has 0 spiro atoms. The maximum atomic E-state index is 6.31. The SMILES string of the molecule is c1ccc(-n2c3cc4c(cc3c3c5c(ccc32)oc2ccccc25)c2ccccc2n2ccnc42)cc1. The number of benzene rings is 5. The molecule has 0 atom stereocenters. The molecule has 9 aromatic rings. The van der Waals surface area contributed by atoms with E-state index in [2.05, 4.69) is 112 Å². The van der Waals surface area contributed by atoms with Gasteiger partial charge in [0.25, 0.3) is 0 Å². The maximum absolute atomic E-state index is 6.31. The van der Waals surface area contributed by atoms with Crippen molar-refractivity contribution in [2.24, 2.45) is 0 Å². The van der Waals surface area contributed by atoms with Crippen LogP contribution in [0.15, 0.2) is 120 Å². The summed E-state index contributed by atoms with van der Waals surface area (Å²) < 4.78 is 10.9. The molecule has 37 heavy (non-hydrogen) atoms. The lowest BCUT2D eigenvalue weighted by Gasteiger charge is -2.11. The van der Waals surface area contributed by atoms with Crippen LogP contribution in [0.1, 0.15) is 0 Å². The molecule has 0 amide bonds. The Morgan fingerprint density at radius 3 is 2.27 bits per heavy atom. The molecular formula is C33H19N3O. The number of hydrogen-bond acceptors (Lipinski definition) is 2. The maximum Gasteiger partial charge on any atom is 0.145 e. The van der Waals surface area contributed by atoms with Gasteiger partial charge in [-0.1, -0.05) is 54.6 Å². The van der Waals surface area contributed by atoms with Crippen molar-refractivity contribution in [1.29, 1.82) is 0 Å². The smallest absolute Gasteiger partial charge is 0.145 e. The van der Waals surface area contributed by atoms with Gasteiger partial charge in [-0.3, -0.25) is 4.40 Å². The first kappa shape index (κ1) is 19.1. The van der Waals surface area contributed by atoms with Crippen LogP contribution in [0, 0.1) is 0 Å². The second-order valence-corrected chi connectivity index (χ2v) is 9.65. The number of para-hydroxylation sites is 3. The van der Waals surface area contributed by atoms with Crippen molar-refractivity contribution in [1.82, 2.24) is 14.0 Å². The first-order valence-corrected chi connectivity index (χ1v) is 12.5. The van der Waals surface area contributed by atoms with E-state index in [-0.39, 0.29) is 0 Å². The van der Waals surface area contributed by atoms with Gasteiger partial charge in [-0.05, 0) is 53.9 Å². The summed E-state index contributed by atoms with van der Waals surface area (Å²) in [7, 11) is 0. The molecule has 0 fully saturated rings. The Labute approximate surface area is 210 Å². The normalized spacial score (nSPS) is 12.3. The van der Waals surface area contributed by atoms with Crippen molar-refractivity contribution in [3.05, 3.63) is 116 Å². The van der Waals surface area contributed by atoms with Gasteiger partial charge in [0.2, 0.25) is 0 Å². The van der Waals surface area contributed by atoms with Crippen molar-refractivity contribution in [2.75, 3.05) is 0 Å². The number of imidazole rings is 1. The van der Waals surface area contributed by atoms with Crippen LogP contribution in [0.25, 0.3) is 76.8 Å². The monoisotopic (exact) mass is 473 g/mol. The van der Waals surface area contributed by atoms with Crippen LogP contribution < -0.4 is 0 Å². The van der Waals surface area contributed by atoms with E-state index in [0.717, 1.165) is 44.3 Å². The highest BCUT2D eigenvalue weighted by Crippen LogP contribution is 2.43. The minimum Gasteiger partial charge on any atom is -0.456 e. The van der Waals surface area contributed by atoms with Gasteiger partial charge in [-0.15, -0.1) is 0 Å². The highest BCUT2D eigenvalue weighted by atomic mass is 16.3. The molecule has 0 saturated heterocycles. The third-order valence-corrected chi connectivity index (χ3v) is 7.76. The fourth-order valence-electron chi connectivity index (χ4n) is 6.24. The molecule has 4 heteroatoms. The van der Waals surface area contributed by atoms with E-state index in [9.17, 15) is 0 Å². The number of pyridine rings is 1. The van der Waals surface area contributed by atoms with Gasteiger partial charge in [0, 0.05) is 50.4 Å². The lowest BCUT2D eigenvalue weighted by molar-refractivity contribution is 0.669. The summed E-state index contributed by atoms with van der Waals surface area (Å²) in [5.74, 6) is 0. The Balaban J connectivity index is 1.60. The number of aromatic nitrogens is 3. The Kier molecular flexibility index (Phi) is 3.50. The molecule has 4 heterocycles. The van der Waals surface area contributed by atoms with Crippen LogP contribution in [0.4, 0.5) is 0 Å². The Morgan fingerprint density at radius 1 is 0.541 bits per heavy atom. The lowest BCUT2D eigenvalue weighted by Crippen LogP contribution is -1.94. The standard InChI is InChI=1S/C33H19N3O/c1-2-8-20(9-3-1)36-27-14-15-30-32(22-11-5-7-13-29(22)37-30)31(27)25-18-23-21-10-4-6-12-26(21)35-17-16-34-33(35)24(23)19-28(25)36/h1-19H. The molecule has 0 aliphatic carbocycles. The Bertz CT molecular complexity index is 2350. The molecule has 0 saturated carbocycles. The fraction of sp³-hybridized carbons (Fsp3) is 0. The van der Waals surface area contributed by atoms with Crippen molar-refractivity contribution >= 4 is 71.1 Å². The van der Waals surface area contributed by atoms with E-state index < -0.39 is 0 Å². The predicted octanol–water partition coefficient (Wildman–Crippen LogP) is 8.64. The highest BCUT2D eigenvalue weighted by Gasteiger charge is 2.20. The van der Waals surface area contributed by atoms with E-state index in [1.807, 2.05) is 12.3 Å². The lowest BCUT2D eigenvalue weighted by atomic mass is 10.0. The third kappa shape index (κ3) is 2.39. The number of hydrogen-bond donors (Lipinski definition) is 0. The second kappa shape index (κ2) is 6.77. The largest absolute Gasteiger partial charge is 0.456 e. The second-order valence-electron chi connectivity index (χ2n) is 9.65. The first-order chi connectivity index (χ1) is 18.4. The molecule has 0 aliphatic heterocycles. The molecule has 0 aliphatic rings. The van der Waals surface area contributed by atoms with Crippen LogP contribution in [-0.2, 0) is 0 Å². The quantitative estimate of drug-likeness (QED) is 0.224. The molecule has 172 valence electrons. The minimum absolute atomic E-state index is 0.912. The Hall–Kier alpha value is -5.09. The molecule has 9 rings (SSSR count). The summed E-state index contributed by atoms with van der Waals surface area (Å²) in [4.78, 5) is 4.78. The highest BCUT2D eigenvalue weighted by molar-refractivity contribution is 6.30. The van der Waals surface area contributed by atoms with Gasteiger partial charge in [0.1, 0.15) is 16.8 Å². The summed E-state index contributed by atoms with van der Waals surface area (Å²) in [5, 5.41) is 8.31. The number of nitrogens with zero attached hydrogens (tertiary/aromatic N) is 3. The van der Waals surface area contributed by atoms with Crippen molar-refractivity contribution < 1.29 is 4.42 Å². The molecule has 0 bridgehead atoms. The van der Waals surface area contributed by atoms with E-state index >= 15 is 0 Å². The summed E-state index contributed by atoms with van der Waals surface area (Å²) in [6, 6.07) is 36.5. The van der Waals surface area contributed by atoms with Crippen LogP contribution in [0.2, 0.25) is 0 Å².